The smallest absolute Gasteiger partial charge is 0.122 e. The Kier molecular flexibility index (Phi) is 3.83. The Bertz CT molecular complexity index is 844. The molecule has 1 heterocycles. The van der Waals surface area contributed by atoms with E-state index in [9.17, 15) is 10.2 Å². The molecule has 0 saturated carbocycles. The van der Waals surface area contributed by atoms with Gasteiger partial charge >= 0.3 is 0 Å². The van der Waals surface area contributed by atoms with Gasteiger partial charge in [0.15, 0.2) is 0 Å². The zero-order chi connectivity index (χ0) is 15.4. The topological polar surface area (TPSA) is 66.2 Å². The summed E-state index contributed by atoms with van der Waals surface area (Å²) in [5.41, 5.74) is 1.36. The quantitative estimate of drug-likeness (QED) is 0.751. The van der Waals surface area contributed by atoms with Gasteiger partial charge in [-0.2, -0.15) is 10.2 Å². The highest BCUT2D eigenvalue weighted by Crippen LogP contribution is 2.16. The van der Waals surface area contributed by atoms with Gasteiger partial charge in [-0.25, -0.2) is 0 Å². The maximum Gasteiger partial charge on any atom is 0.122 e. The summed E-state index contributed by atoms with van der Waals surface area (Å²) in [6.45, 7) is 0. The Hall–Kier alpha value is -3.14. The largest absolute Gasteiger partial charge is 0.507 e. The number of benzene rings is 2. The van der Waals surface area contributed by atoms with Gasteiger partial charge in [0, 0.05) is 16.3 Å². The van der Waals surface area contributed by atoms with Gasteiger partial charge in [0.2, 0.25) is 0 Å². The second-order valence-electron chi connectivity index (χ2n) is 4.78. The maximum atomic E-state index is 9.88. The Morgan fingerprint density at radius 2 is 1.32 bits per heavy atom. The van der Waals surface area contributed by atoms with Crippen LogP contribution in [0.3, 0.4) is 0 Å². The van der Waals surface area contributed by atoms with Crippen LogP contribution in [0.2, 0.25) is 0 Å². The molecule has 0 unspecified atom stereocenters. The van der Waals surface area contributed by atoms with Crippen LogP contribution in [-0.4, -0.2) is 20.4 Å². The van der Waals surface area contributed by atoms with E-state index in [0.29, 0.717) is 16.5 Å². The van der Waals surface area contributed by atoms with Crippen LogP contribution in [0.15, 0.2) is 60.8 Å². The minimum atomic E-state index is 0.182. The van der Waals surface area contributed by atoms with Gasteiger partial charge < -0.3 is 10.2 Å². The van der Waals surface area contributed by atoms with E-state index in [1.807, 2.05) is 30.3 Å². The molecule has 3 aromatic rings. The van der Waals surface area contributed by atoms with Crippen molar-refractivity contribution >= 4 is 12.2 Å². The lowest BCUT2D eigenvalue weighted by molar-refractivity contribution is 0.473. The summed E-state index contributed by atoms with van der Waals surface area (Å²) in [5.74, 6) is 0.384. The first-order chi connectivity index (χ1) is 10.7. The van der Waals surface area contributed by atoms with E-state index in [0.717, 1.165) is 5.22 Å². The summed E-state index contributed by atoms with van der Waals surface area (Å²) in [5, 5.41) is 29.2. The van der Waals surface area contributed by atoms with Crippen molar-refractivity contribution in [2.45, 2.75) is 0 Å². The van der Waals surface area contributed by atoms with E-state index in [2.05, 4.69) is 10.2 Å². The molecule has 0 atom stereocenters. The Balaban J connectivity index is 2.20. The molecule has 0 amide bonds. The number of aromatic hydroxyl groups is 2. The Morgan fingerprint density at radius 1 is 0.727 bits per heavy atom. The van der Waals surface area contributed by atoms with Crippen molar-refractivity contribution in [3.63, 3.8) is 0 Å². The number of phenolic OH excluding ortho intramolecular Hbond substituents is 2. The number of hydrogen-bond donors (Lipinski definition) is 2. The Labute approximate surface area is 127 Å². The van der Waals surface area contributed by atoms with Crippen LogP contribution in [0, 0.1) is 0 Å². The van der Waals surface area contributed by atoms with Gasteiger partial charge in [-0.15, -0.1) is 0 Å². The van der Waals surface area contributed by atoms with E-state index in [-0.39, 0.29) is 11.5 Å². The molecule has 22 heavy (non-hydrogen) atoms. The number of hydrogen-bond acceptors (Lipinski definition) is 4. The summed E-state index contributed by atoms with van der Waals surface area (Å²) in [6, 6.07) is 15.9. The SMILES string of the molecule is Oc1ccccc1C=c1ccnnc1=Cc1ccccc1O. The average Bonchev–Trinajstić information content (AvgIpc) is 2.53. The minimum absolute atomic E-state index is 0.182. The van der Waals surface area contributed by atoms with Crippen molar-refractivity contribution in [3.05, 3.63) is 82.5 Å². The molecule has 2 aromatic carbocycles. The molecule has 4 nitrogen and oxygen atoms in total. The van der Waals surface area contributed by atoms with Crippen molar-refractivity contribution in [1.82, 2.24) is 10.2 Å². The first-order valence-corrected chi connectivity index (χ1v) is 6.81. The molecule has 1 aromatic heterocycles. The third-order valence-electron chi connectivity index (χ3n) is 3.26. The third-order valence-corrected chi connectivity index (χ3v) is 3.26. The molecule has 4 heteroatoms. The molecule has 0 aliphatic heterocycles. The van der Waals surface area contributed by atoms with Crippen molar-refractivity contribution in [3.8, 4) is 11.5 Å². The fourth-order valence-electron chi connectivity index (χ4n) is 2.12. The van der Waals surface area contributed by atoms with Gasteiger partial charge in [0.1, 0.15) is 11.5 Å². The van der Waals surface area contributed by atoms with E-state index in [1.165, 1.54) is 0 Å². The summed E-state index contributed by atoms with van der Waals surface area (Å²) < 4.78 is 0. The first-order valence-electron chi connectivity index (χ1n) is 6.81. The van der Waals surface area contributed by atoms with E-state index in [4.69, 9.17) is 0 Å². The standard InChI is InChI=1S/C18H14N2O2/c21-17-7-3-1-5-14(17)11-13-9-10-19-20-16(13)12-15-6-2-4-8-18(15)22/h1-12,21-22H. The highest BCUT2D eigenvalue weighted by molar-refractivity contribution is 5.59. The molecule has 2 N–H and O–H groups in total. The number of phenols is 2. The van der Waals surface area contributed by atoms with Crippen molar-refractivity contribution in [2.24, 2.45) is 0 Å². The summed E-state index contributed by atoms with van der Waals surface area (Å²) >= 11 is 0. The van der Waals surface area contributed by atoms with Gasteiger partial charge in [-0.3, -0.25) is 0 Å². The third kappa shape index (κ3) is 2.96. The molecular formula is C18H14N2O2. The van der Waals surface area contributed by atoms with E-state index in [1.54, 1.807) is 42.6 Å². The number of rotatable bonds is 2. The second kappa shape index (κ2) is 6.10. The van der Waals surface area contributed by atoms with Crippen LogP contribution < -0.4 is 10.6 Å². The van der Waals surface area contributed by atoms with Crippen LogP contribution in [0.25, 0.3) is 12.2 Å². The van der Waals surface area contributed by atoms with Crippen molar-refractivity contribution < 1.29 is 10.2 Å². The predicted octanol–water partition coefficient (Wildman–Crippen LogP) is 1.55. The zero-order valence-electron chi connectivity index (χ0n) is 11.7. The van der Waals surface area contributed by atoms with E-state index < -0.39 is 0 Å². The highest BCUT2D eigenvalue weighted by atomic mass is 16.3. The van der Waals surface area contributed by atoms with Gasteiger partial charge in [0.05, 0.1) is 11.5 Å². The lowest BCUT2D eigenvalue weighted by Gasteiger charge is -1.99. The fourth-order valence-corrected chi connectivity index (χ4v) is 2.12. The number of para-hydroxylation sites is 2. The van der Waals surface area contributed by atoms with Crippen molar-refractivity contribution in [2.75, 3.05) is 0 Å². The maximum absolute atomic E-state index is 9.88. The summed E-state index contributed by atoms with van der Waals surface area (Å²) in [4.78, 5) is 0. The fraction of sp³-hybridized carbons (Fsp3) is 0. The van der Waals surface area contributed by atoms with Gasteiger partial charge in [0.25, 0.3) is 0 Å². The van der Waals surface area contributed by atoms with Crippen LogP contribution in [0.4, 0.5) is 0 Å². The normalized spacial score (nSPS) is 12.5. The molecule has 0 fully saturated rings. The van der Waals surface area contributed by atoms with Crippen molar-refractivity contribution in [1.29, 1.82) is 0 Å². The van der Waals surface area contributed by atoms with Gasteiger partial charge in [-0.05, 0) is 30.4 Å². The lowest BCUT2D eigenvalue weighted by atomic mass is 10.1. The number of aromatic nitrogens is 2. The van der Waals surface area contributed by atoms with Crippen LogP contribution >= 0.6 is 0 Å². The predicted molar refractivity (Wildman–Crippen MR) is 84.6 cm³/mol. The highest BCUT2D eigenvalue weighted by Gasteiger charge is 1.98. The molecule has 0 radical (unpaired) electrons. The summed E-state index contributed by atoms with van der Waals surface area (Å²) in [6.07, 6.45) is 5.18. The molecular weight excluding hydrogens is 276 g/mol. The molecule has 0 spiro atoms. The number of nitrogens with zero attached hydrogens (tertiary/aromatic N) is 2. The molecule has 0 aliphatic carbocycles. The summed E-state index contributed by atoms with van der Waals surface area (Å²) in [7, 11) is 0. The van der Waals surface area contributed by atoms with E-state index >= 15 is 0 Å². The monoisotopic (exact) mass is 290 g/mol. The van der Waals surface area contributed by atoms with Crippen LogP contribution in [0.1, 0.15) is 11.1 Å². The molecule has 108 valence electrons. The molecule has 0 saturated heterocycles. The Morgan fingerprint density at radius 3 is 1.95 bits per heavy atom. The molecule has 3 rings (SSSR count). The molecule has 0 bridgehead atoms. The first kappa shape index (κ1) is 13.8. The minimum Gasteiger partial charge on any atom is -0.507 e. The van der Waals surface area contributed by atoms with Crippen LogP contribution in [0.5, 0.6) is 11.5 Å². The zero-order valence-corrected chi connectivity index (χ0v) is 11.7. The van der Waals surface area contributed by atoms with Gasteiger partial charge in [-0.1, -0.05) is 36.4 Å². The van der Waals surface area contributed by atoms with Crippen LogP contribution in [-0.2, 0) is 0 Å². The average molecular weight is 290 g/mol. The lowest BCUT2D eigenvalue weighted by Crippen LogP contribution is -2.29. The molecule has 0 aliphatic rings. The second-order valence-corrected chi connectivity index (χ2v) is 4.78.